The van der Waals surface area contributed by atoms with Crippen molar-refractivity contribution in [2.75, 3.05) is 12.4 Å². The van der Waals surface area contributed by atoms with Crippen molar-refractivity contribution in [3.05, 3.63) is 23.1 Å². The van der Waals surface area contributed by atoms with Crippen LogP contribution in [0.3, 0.4) is 0 Å². The Morgan fingerprint density at radius 2 is 2.25 bits per heavy atom. The van der Waals surface area contributed by atoms with E-state index in [0.717, 1.165) is 11.3 Å². The molecule has 0 unspecified atom stereocenters. The van der Waals surface area contributed by atoms with E-state index in [1.807, 2.05) is 13.1 Å². The Balaban J connectivity index is 2.66. The molecular formula is C9H10N2S. The molecule has 3 heteroatoms. The summed E-state index contributed by atoms with van der Waals surface area (Å²) >= 11 is 1.78. The van der Waals surface area contributed by atoms with Crippen LogP contribution in [0, 0.1) is 6.92 Å². The Morgan fingerprint density at radius 3 is 3.00 bits per heavy atom. The third kappa shape index (κ3) is 1.16. The van der Waals surface area contributed by atoms with E-state index >= 15 is 0 Å². The molecule has 2 rings (SSSR count). The predicted molar refractivity (Wildman–Crippen MR) is 53.9 cm³/mol. The molecule has 2 aromatic rings. The van der Waals surface area contributed by atoms with Gasteiger partial charge in [0, 0.05) is 11.9 Å². The largest absolute Gasteiger partial charge is 0.373 e. The molecule has 0 radical (unpaired) electrons. The van der Waals surface area contributed by atoms with Crippen molar-refractivity contribution in [3.63, 3.8) is 0 Å². The summed E-state index contributed by atoms with van der Waals surface area (Å²) in [6.07, 6.45) is 0. The smallest absolute Gasteiger partial charge is 0.126 e. The Kier molecular flexibility index (Phi) is 1.73. The maximum Gasteiger partial charge on any atom is 0.126 e. The van der Waals surface area contributed by atoms with Crippen molar-refractivity contribution >= 4 is 27.4 Å². The molecular weight excluding hydrogens is 168 g/mol. The summed E-state index contributed by atoms with van der Waals surface area (Å²) in [6.45, 7) is 2.10. The van der Waals surface area contributed by atoms with Gasteiger partial charge >= 0.3 is 0 Å². The maximum atomic E-state index is 4.41. The minimum absolute atomic E-state index is 0.931. The number of fused-ring (bicyclic) bond motifs is 1. The highest BCUT2D eigenvalue weighted by molar-refractivity contribution is 7.18. The Hall–Kier alpha value is -1.09. The molecule has 0 saturated heterocycles. The van der Waals surface area contributed by atoms with Crippen LogP contribution < -0.4 is 5.32 Å². The topological polar surface area (TPSA) is 24.9 Å². The zero-order chi connectivity index (χ0) is 8.55. The fraction of sp³-hybridized carbons (Fsp3) is 0.222. The second kappa shape index (κ2) is 2.75. The van der Waals surface area contributed by atoms with E-state index in [2.05, 4.69) is 29.4 Å². The fourth-order valence-corrected chi connectivity index (χ4v) is 2.05. The molecule has 0 atom stereocenters. The summed E-state index contributed by atoms with van der Waals surface area (Å²) in [4.78, 5) is 5.72. The zero-order valence-electron chi connectivity index (χ0n) is 7.09. The molecule has 0 fully saturated rings. The van der Waals surface area contributed by atoms with Crippen LogP contribution in [0.2, 0.25) is 0 Å². The zero-order valence-corrected chi connectivity index (χ0v) is 7.90. The highest BCUT2D eigenvalue weighted by atomic mass is 32.1. The third-order valence-corrected chi connectivity index (χ3v) is 2.76. The molecule has 2 heterocycles. The van der Waals surface area contributed by atoms with Crippen molar-refractivity contribution in [1.82, 2.24) is 4.98 Å². The number of rotatable bonds is 1. The molecule has 0 aliphatic rings. The number of aryl methyl sites for hydroxylation is 1. The van der Waals surface area contributed by atoms with Gasteiger partial charge in [0.25, 0.3) is 0 Å². The normalized spacial score (nSPS) is 10.5. The summed E-state index contributed by atoms with van der Waals surface area (Å²) in [5, 5.41) is 3.02. The number of nitrogens with zero attached hydrogens (tertiary/aromatic N) is 1. The standard InChI is InChI=1S/C9H10N2S/c1-6-5-7-8(12-6)3-4-9(10-2)11-7/h3-5H,1-2H3,(H,10,11). The first-order valence-corrected chi connectivity index (χ1v) is 4.66. The Bertz CT molecular complexity index is 406. The van der Waals surface area contributed by atoms with Crippen LogP contribution >= 0.6 is 11.3 Å². The summed E-state index contributed by atoms with van der Waals surface area (Å²) in [5.41, 5.74) is 1.09. The molecule has 0 saturated carbocycles. The molecule has 0 bridgehead atoms. The predicted octanol–water partition coefficient (Wildman–Crippen LogP) is 2.65. The first-order chi connectivity index (χ1) is 5.79. The van der Waals surface area contributed by atoms with Gasteiger partial charge in [-0.25, -0.2) is 4.98 Å². The van der Waals surface area contributed by atoms with E-state index in [1.165, 1.54) is 9.58 Å². The number of hydrogen-bond donors (Lipinski definition) is 1. The van der Waals surface area contributed by atoms with Gasteiger partial charge in [-0.1, -0.05) is 0 Å². The van der Waals surface area contributed by atoms with E-state index in [-0.39, 0.29) is 0 Å². The van der Waals surface area contributed by atoms with Gasteiger partial charge in [-0.2, -0.15) is 0 Å². The number of pyridine rings is 1. The van der Waals surface area contributed by atoms with Gasteiger partial charge in [0.05, 0.1) is 10.2 Å². The highest BCUT2D eigenvalue weighted by Gasteiger charge is 1.99. The van der Waals surface area contributed by atoms with Gasteiger partial charge in [0.1, 0.15) is 5.82 Å². The van der Waals surface area contributed by atoms with Crippen LogP contribution in [-0.4, -0.2) is 12.0 Å². The molecule has 1 N–H and O–H groups in total. The lowest BCUT2D eigenvalue weighted by Crippen LogP contribution is -1.89. The van der Waals surface area contributed by atoms with Crippen LogP contribution in [0.4, 0.5) is 5.82 Å². The van der Waals surface area contributed by atoms with Crippen molar-refractivity contribution in [2.24, 2.45) is 0 Å². The van der Waals surface area contributed by atoms with Gasteiger partial charge in [0.15, 0.2) is 0 Å². The maximum absolute atomic E-state index is 4.41. The highest BCUT2D eigenvalue weighted by Crippen LogP contribution is 2.24. The van der Waals surface area contributed by atoms with Gasteiger partial charge in [0.2, 0.25) is 0 Å². The van der Waals surface area contributed by atoms with Crippen LogP contribution in [0.1, 0.15) is 4.88 Å². The average molecular weight is 178 g/mol. The van der Waals surface area contributed by atoms with Crippen LogP contribution in [0.5, 0.6) is 0 Å². The SMILES string of the molecule is CNc1ccc2sc(C)cc2n1. The number of aromatic nitrogens is 1. The van der Waals surface area contributed by atoms with Crippen LogP contribution in [0.15, 0.2) is 18.2 Å². The molecule has 62 valence electrons. The molecule has 0 aromatic carbocycles. The molecule has 0 aliphatic heterocycles. The quantitative estimate of drug-likeness (QED) is 0.726. The molecule has 0 aliphatic carbocycles. The molecule has 0 spiro atoms. The number of hydrogen-bond acceptors (Lipinski definition) is 3. The third-order valence-electron chi connectivity index (χ3n) is 1.75. The lowest BCUT2D eigenvalue weighted by Gasteiger charge is -1.96. The molecule has 2 nitrogen and oxygen atoms in total. The summed E-state index contributed by atoms with van der Waals surface area (Å²) < 4.78 is 1.26. The monoisotopic (exact) mass is 178 g/mol. The first-order valence-electron chi connectivity index (χ1n) is 3.84. The number of thiophene rings is 1. The van der Waals surface area contributed by atoms with Crippen molar-refractivity contribution in [1.29, 1.82) is 0 Å². The van der Waals surface area contributed by atoms with Gasteiger partial charge in [-0.3, -0.25) is 0 Å². The van der Waals surface area contributed by atoms with E-state index in [0.29, 0.717) is 0 Å². The minimum atomic E-state index is 0.931. The van der Waals surface area contributed by atoms with Crippen molar-refractivity contribution < 1.29 is 0 Å². The molecule has 12 heavy (non-hydrogen) atoms. The molecule has 0 amide bonds. The van der Waals surface area contributed by atoms with E-state index < -0.39 is 0 Å². The van der Waals surface area contributed by atoms with Crippen LogP contribution in [0.25, 0.3) is 10.2 Å². The minimum Gasteiger partial charge on any atom is -0.373 e. The lowest BCUT2D eigenvalue weighted by atomic mass is 10.4. The van der Waals surface area contributed by atoms with Crippen LogP contribution in [-0.2, 0) is 0 Å². The van der Waals surface area contributed by atoms with Gasteiger partial charge in [-0.15, -0.1) is 11.3 Å². The Labute approximate surface area is 75.3 Å². The number of anilines is 1. The summed E-state index contributed by atoms with van der Waals surface area (Å²) in [6, 6.07) is 6.21. The number of nitrogens with one attached hydrogen (secondary N) is 1. The second-order valence-corrected chi connectivity index (χ2v) is 3.97. The lowest BCUT2D eigenvalue weighted by molar-refractivity contribution is 1.35. The van der Waals surface area contributed by atoms with E-state index in [9.17, 15) is 0 Å². The van der Waals surface area contributed by atoms with Gasteiger partial charge in [-0.05, 0) is 25.1 Å². The van der Waals surface area contributed by atoms with E-state index in [1.54, 1.807) is 11.3 Å². The Morgan fingerprint density at radius 1 is 1.42 bits per heavy atom. The first kappa shape index (κ1) is 7.55. The van der Waals surface area contributed by atoms with Gasteiger partial charge < -0.3 is 5.32 Å². The second-order valence-electron chi connectivity index (χ2n) is 2.69. The van der Waals surface area contributed by atoms with Crippen molar-refractivity contribution in [3.8, 4) is 0 Å². The summed E-state index contributed by atoms with van der Waals surface area (Å²) in [7, 11) is 1.88. The molecule has 2 aromatic heterocycles. The summed E-state index contributed by atoms with van der Waals surface area (Å²) in [5.74, 6) is 0.931. The van der Waals surface area contributed by atoms with E-state index in [4.69, 9.17) is 0 Å². The fourth-order valence-electron chi connectivity index (χ4n) is 1.19. The average Bonchev–Trinajstić information content (AvgIpc) is 2.43. The van der Waals surface area contributed by atoms with Crippen molar-refractivity contribution in [2.45, 2.75) is 6.92 Å².